The zero-order chi connectivity index (χ0) is 8.27. The first-order valence-corrected chi connectivity index (χ1v) is 2.68. The number of nitrogens with zero attached hydrogens (tertiary/aromatic N) is 3. The summed E-state index contributed by atoms with van der Waals surface area (Å²) in [6, 6.07) is 2.34. The van der Waals surface area contributed by atoms with E-state index in [2.05, 4.69) is 10.2 Å². The molecule has 0 atom stereocenters. The second-order valence-corrected chi connectivity index (χ2v) is 1.67. The van der Waals surface area contributed by atoms with Gasteiger partial charge in [-0.2, -0.15) is 5.10 Å². The minimum absolute atomic E-state index is 0.567. The normalized spacial score (nSPS) is 9.09. The van der Waals surface area contributed by atoms with Crippen molar-refractivity contribution in [2.45, 2.75) is 0 Å². The fourth-order valence-electron chi connectivity index (χ4n) is 0.520. The van der Waals surface area contributed by atoms with Gasteiger partial charge in [-0.3, -0.25) is 14.9 Å². The number of hydrogen-bond acceptors (Lipinski definition) is 5. The number of nitro groups is 1. The summed E-state index contributed by atoms with van der Waals surface area (Å²) in [6.45, 7) is 0. The molecule has 0 aliphatic rings. The third-order valence-corrected chi connectivity index (χ3v) is 0.971. The molecule has 0 fully saturated rings. The van der Waals surface area contributed by atoms with Gasteiger partial charge in [0.2, 0.25) is 0 Å². The van der Waals surface area contributed by atoms with E-state index in [4.69, 9.17) is 0 Å². The van der Waals surface area contributed by atoms with Gasteiger partial charge in [-0.15, -0.1) is 5.10 Å². The Kier molecular flexibility index (Phi) is 1.86. The molecule has 1 heterocycles. The summed E-state index contributed by atoms with van der Waals surface area (Å²) in [7, 11) is 0. The quantitative estimate of drug-likeness (QED) is 0.410. The lowest BCUT2D eigenvalue weighted by molar-refractivity contribution is -0.386. The molecule has 0 N–H and O–H groups in total. The maximum Gasteiger partial charge on any atom is 0.366 e. The Morgan fingerprint density at radius 2 is 2.27 bits per heavy atom. The molecule has 1 aromatic rings. The van der Waals surface area contributed by atoms with Crippen LogP contribution in [0.5, 0.6) is 0 Å². The van der Waals surface area contributed by atoms with Crippen molar-refractivity contribution < 1.29 is 4.92 Å². The van der Waals surface area contributed by atoms with E-state index in [9.17, 15) is 14.9 Å². The van der Waals surface area contributed by atoms with Gasteiger partial charge in [0.1, 0.15) is 0 Å². The first-order valence-electron chi connectivity index (χ1n) is 2.68. The molecule has 0 bridgehead atoms. The van der Waals surface area contributed by atoms with E-state index in [1.54, 1.807) is 0 Å². The van der Waals surface area contributed by atoms with Crippen LogP contribution < -0.4 is 5.56 Å². The van der Waals surface area contributed by atoms with Crippen molar-refractivity contribution in [3.8, 4) is 0 Å². The molecule has 11 heavy (non-hydrogen) atoms. The van der Waals surface area contributed by atoms with Crippen LogP contribution in [0.3, 0.4) is 0 Å². The van der Waals surface area contributed by atoms with Gasteiger partial charge in [0.25, 0.3) is 0 Å². The summed E-state index contributed by atoms with van der Waals surface area (Å²) in [5.74, 6) is 0. The van der Waals surface area contributed by atoms with Crippen LogP contribution in [0.4, 0.5) is 5.69 Å². The molecule has 0 radical (unpaired) electrons. The molecular formula is C5H3N3O3. The average molecular weight is 153 g/mol. The fourth-order valence-corrected chi connectivity index (χ4v) is 0.520. The van der Waals surface area contributed by atoms with Crippen LogP contribution in [0, 0.1) is 10.1 Å². The van der Waals surface area contributed by atoms with Gasteiger partial charge in [-0.1, -0.05) is 0 Å². The van der Waals surface area contributed by atoms with Crippen LogP contribution in [-0.2, 0) is 0 Å². The molecule has 0 spiro atoms. The van der Waals surface area contributed by atoms with Gasteiger partial charge < -0.3 is 0 Å². The lowest BCUT2D eigenvalue weighted by Gasteiger charge is -1.79. The van der Waals surface area contributed by atoms with E-state index in [1.807, 2.05) is 0 Å². The van der Waals surface area contributed by atoms with E-state index in [0.29, 0.717) is 0 Å². The average Bonchev–Trinajstić information content (AvgIpc) is 2.13. The van der Waals surface area contributed by atoms with Crippen LogP contribution in [0.15, 0.2) is 23.1 Å². The summed E-state index contributed by atoms with van der Waals surface area (Å²) < 4.78 is 0. The van der Waals surface area contributed by atoms with E-state index in [-0.39, 0.29) is 0 Å². The molecule has 56 valence electrons. The Balaban J connectivity index is 3.41. The highest BCUT2D eigenvalue weighted by atomic mass is 16.6. The smallest absolute Gasteiger partial charge is 0.258 e. The second-order valence-electron chi connectivity index (χ2n) is 1.67. The highest BCUT2D eigenvalue weighted by Crippen LogP contribution is 1.96. The Morgan fingerprint density at radius 1 is 1.55 bits per heavy atom. The summed E-state index contributed by atoms with van der Waals surface area (Å²) in [4.78, 5) is 19.9. The topological polar surface area (TPSA) is 86.0 Å². The molecule has 1 aromatic heterocycles. The van der Waals surface area contributed by atoms with Crippen molar-refractivity contribution in [3.63, 3.8) is 0 Å². The van der Waals surface area contributed by atoms with Crippen molar-refractivity contribution in [1.82, 2.24) is 10.2 Å². The monoisotopic (exact) mass is 153 g/mol. The van der Waals surface area contributed by atoms with E-state index in [0.717, 1.165) is 6.07 Å². The van der Waals surface area contributed by atoms with E-state index < -0.39 is 16.2 Å². The minimum atomic E-state index is -0.931. The molecule has 0 aliphatic carbocycles. The Morgan fingerprint density at radius 3 is 2.91 bits per heavy atom. The largest absolute Gasteiger partial charge is 0.366 e. The van der Waals surface area contributed by atoms with Crippen LogP contribution in [0.2, 0.25) is 0 Å². The standard InChI is InChI=1S/C5H3N3O3/c9-5-4(8(10)11)2-1-3-6-7-5/h1-3H. The van der Waals surface area contributed by atoms with Crippen LogP contribution >= 0.6 is 0 Å². The summed E-state index contributed by atoms with van der Waals surface area (Å²) >= 11 is 0. The molecule has 1 rings (SSSR count). The number of aromatic nitrogens is 2. The van der Waals surface area contributed by atoms with Gasteiger partial charge in [-0.25, -0.2) is 0 Å². The Labute approximate surface area is 60.7 Å². The second kappa shape index (κ2) is 2.82. The molecule has 0 saturated heterocycles. The predicted molar refractivity (Wildman–Crippen MR) is 35.0 cm³/mol. The third kappa shape index (κ3) is 1.54. The lowest BCUT2D eigenvalue weighted by Crippen LogP contribution is -2.08. The zero-order valence-electron chi connectivity index (χ0n) is 5.30. The van der Waals surface area contributed by atoms with Crippen LogP contribution in [0.25, 0.3) is 0 Å². The predicted octanol–water partition coefficient (Wildman–Crippen LogP) is -0.255. The van der Waals surface area contributed by atoms with Crippen molar-refractivity contribution in [3.05, 3.63) is 38.8 Å². The first-order chi connectivity index (χ1) is 5.22. The molecular weight excluding hydrogens is 150 g/mol. The lowest BCUT2D eigenvalue weighted by atomic mass is 10.5. The highest BCUT2D eigenvalue weighted by Gasteiger charge is 2.08. The van der Waals surface area contributed by atoms with Crippen molar-refractivity contribution in [2.75, 3.05) is 0 Å². The number of hydrogen-bond donors (Lipinski definition) is 0. The number of rotatable bonds is 1. The molecule has 0 aromatic carbocycles. The van der Waals surface area contributed by atoms with Crippen molar-refractivity contribution >= 4 is 5.69 Å². The first kappa shape index (κ1) is 7.26. The Bertz CT molecular complexity index is 338. The minimum Gasteiger partial charge on any atom is -0.258 e. The SMILES string of the molecule is O=c1nncccc1[N+](=O)[O-]. The van der Waals surface area contributed by atoms with Gasteiger partial charge in [0.15, 0.2) is 0 Å². The molecule has 0 amide bonds. The molecule has 6 heteroatoms. The summed E-state index contributed by atoms with van der Waals surface area (Å²) in [6.07, 6.45) is 1.20. The van der Waals surface area contributed by atoms with Gasteiger partial charge in [0, 0.05) is 12.3 Å². The zero-order valence-corrected chi connectivity index (χ0v) is 5.30. The van der Waals surface area contributed by atoms with Gasteiger partial charge in [0.05, 0.1) is 4.92 Å². The molecule has 0 saturated carbocycles. The summed E-state index contributed by atoms with van der Waals surface area (Å²) in [5.41, 5.74) is -1.50. The third-order valence-electron chi connectivity index (χ3n) is 0.971. The van der Waals surface area contributed by atoms with Crippen molar-refractivity contribution in [2.24, 2.45) is 0 Å². The van der Waals surface area contributed by atoms with Crippen molar-refractivity contribution in [1.29, 1.82) is 0 Å². The molecule has 0 unspecified atom stereocenters. The van der Waals surface area contributed by atoms with E-state index in [1.165, 1.54) is 12.3 Å². The maximum absolute atomic E-state index is 10.6. The maximum atomic E-state index is 10.6. The molecule has 6 nitrogen and oxygen atoms in total. The highest BCUT2D eigenvalue weighted by molar-refractivity contribution is 5.22. The fraction of sp³-hybridized carbons (Fsp3) is 0. The summed E-state index contributed by atoms with van der Waals surface area (Å²) in [5, 5.41) is 16.3. The van der Waals surface area contributed by atoms with Gasteiger partial charge in [-0.05, 0) is 6.07 Å². The van der Waals surface area contributed by atoms with Crippen LogP contribution in [0.1, 0.15) is 0 Å². The van der Waals surface area contributed by atoms with Crippen LogP contribution in [-0.4, -0.2) is 15.1 Å². The Hall–Kier alpha value is -1.85. The molecule has 0 aliphatic heterocycles. The van der Waals surface area contributed by atoms with E-state index >= 15 is 0 Å². The van der Waals surface area contributed by atoms with Gasteiger partial charge >= 0.3 is 11.2 Å².